The average Bonchev–Trinajstić information content (AvgIpc) is 2.73. The number of nitrogens with zero attached hydrogens (tertiary/aromatic N) is 1. The predicted molar refractivity (Wildman–Crippen MR) is 123 cm³/mol. The summed E-state index contributed by atoms with van der Waals surface area (Å²) in [6.45, 7) is 5.29. The Balaban J connectivity index is 1.48. The van der Waals surface area contributed by atoms with Crippen molar-refractivity contribution in [1.29, 1.82) is 0 Å². The number of hydrogen-bond donors (Lipinski definition) is 2. The van der Waals surface area contributed by atoms with Gasteiger partial charge in [-0.25, -0.2) is 4.98 Å². The van der Waals surface area contributed by atoms with Gasteiger partial charge < -0.3 is 10.6 Å². The number of nitrogens with one attached hydrogen (secondary N) is 2. The Hall–Kier alpha value is -1.72. The molecule has 0 bridgehead atoms. The summed E-state index contributed by atoms with van der Waals surface area (Å²) >= 11 is 7.50. The standard InChI is InChI=1S/C23H30ClN3OS/c1-23(2,27-19-12-10-18(24)11-13-19)17-8-6-16(7-9-17)15-26-21(28)20-5-4-14-25-22(20)29-3/h4-5,10-14,16-17,27H,6-9,15H2,1-3H3,(H,26,28). The van der Waals surface area contributed by atoms with Crippen LogP contribution in [0.2, 0.25) is 5.02 Å². The van der Waals surface area contributed by atoms with E-state index in [-0.39, 0.29) is 11.4 Å². The van der Waals surface area contributed by atoms with Crippen LogP contribution in [0, 0.1) is 11.8 Å². The zero-order chi connectivity index (χ0) is 20.9. The van der Waals surface area contributed by atoms with Gasteiger partial charge in [0, 0.05) is 29.0 Å². The molecule has 1 fully saturated rings. The van der Waals surface area contributed by atoms with Gasteiger partial charge in [0.05, 0.1) is 5.56 Å². The molecule has 3 rings (SSSR count). The largest absolute Gasteiger partial charge is 0.380 e. The molecule has 29 heavy (non-hydrogen) atoms. The second-order valence-electron chi connectivity index (χ2n) is 8.34. The highest BCUT2D eigenvalue weighted by atomic mass is 35.5. The summed E-state index contributed by atoms with van der Waals surface area (Å²) in [5.74, 6) is 1.12. The second-order valence-corrected chi connectivity index (χ2v) is 9.57. The van der Waals surface area contributed by atoms with Gasteiger partial charge in [0.1, 0.15) is 5.03 Å². The lowest BCUT2D eigenvalue weighted by molar-refractivity contribution is 0.0935. The van der Waals surface area contributed by atoms with Crippen LogP contribution in [0.15, 0.2) is 47.6 Å². The van der Waals surface area contributed by atoms with Crippen LogP contribution in [0.4, 0.5) is 5.69 Å². The maximum Gasteiger partial charge on any atom is 0.254 e. The summed E-state index contributed by atoms with van der Waals surface area (Å²) < 4.78 is 0. The van der Waals surface area contributed by atoms with E-state index in [0.717, 1.165) is 48.0 Å². The fourth-order valence-electron chi connectivity index (χ4n) is 4.15. The minimum atomic E-state index is -0.0192. The molecule has 2 N–H and O–H groups in total. The van der Waals surface area contributed by atoms with E-state index in [2.05, 4.69) is 29.5 Å². The number of pyridine rings is 1. The molecule has 0 spiro atoms. The SMILES string of the molecule is CSc1ncccc1C(=O)NCC1CCC(C(C)(C)Nc2ccc(Cl)cc2)CC1. The number of rotatable bonds is 7. The van der Waals surface area contributed by atoms with Crippen molar-refractivity contribution in [2.75, 3.05) is 18.1 Å². The molecule has 6 heteroatoms. The lowest BCUT2D eigenvalue weighted by Crippen LogP contribution is -2.42. The third-order valence-electron chi connectivity index (χ3n) is 5.94. The minimum absolute atomic E-state index is 0.0189. The summed E-state index contributed by atoms with van der Waals surface area (Å²) in [6, 6.07) is 11.6. The van der Waals surface area contributed by atoms with Gasteiger partial charge >= 0.3 is 0 Å². The molecule has 1 aromatic heterocycles. The number of anilines is 1. The number of hydrogen-bond acceptors (Lipinski definition) is 4. The summed E-state index contributed by atoms with van der Waals surface area (Å²) in [5.41, 5.74) is 1.79. The zero-order valence-corrected chi connectivity index (χ0v) is 18.9. The summed E-state index contributed by atoms with van der Waals surface area (Å²) in [5, 5.41) is 8.34. The van der Waals surface area contributed by atoms with Gasteiger partial charge in [-0.05, 0) is 94.0 Å². The molecule has 0 saturated heterocycles. The molecule has 156 valence electrons. The van der Waals surface area contributed by atoms with E-state index < -0.39 is 0 Å². The van der Waals surface area contributed by atoms with Gasteiger partial charge in [-0.15, -0.1) is 11.8 Å². The first kappa shape index (κ1) is 22.0. The molecule has 0 aliphatic heterocycles. The Labute approximate surface area is 183 Å². The molecule has 1 saturated carbocycles. The van der Waals surface area contributed by atoms with Crippen molar-refractivity contribution < 1.29 is 4.79 Å². The molecule has 0 unspecified atom stereocenters. The van der Waals surface area contributed by atoms with E-state index in [4.69, 9.17) is 11.6 Å². The summed E-state index contributed by atoms with van der Waals surface area (Å²) in [7, 11) is 0. The lowest BCUT2D eigenvalue weighted by Gasteiger charge is -2.40. The minimum Gasteiger partial charge on any atom is -0.380 e. The number of amides is 1. The highest BCUT2D eigenvalue weighted by molar-refractivity contribution is 7.98. The van der Waals surface area contributed by atoms with Crippen LogP contribution in [0.3, 0.4) is 0 Å². The molecule has 0 atom stereocenters. The number of thioether (sulfide) groups is 1. The highest BCUT2D eigenvalue weighted by Crippen LogP contribution is 2.37. The van der Waals surface area contributed by atoms with Crippen molar-refractivity contribution in [3.8, 4) is 0 Å². The lowest BCUT2D eigenvalue weighted by atomic mass is 9.73. The maximum absolute atomic E-state index is 12.5. The van der Waals surface area contributed by atoms with Gasteiger partial charge in [-0.3, -0.25) is 4.79 Å². The Morgan fingerprint density at radius 1 is 1.17 bits per heavy atom. The molecule has 1 aliphatic carbocycles. The maximum atomic E-state index is 12.5. The number of carbonyl (C=O) groups excluding carboxylic acids is 1. The third-order valence-corrected chi connectivity index (χ3v) is 6.90. The van der Waals surface area contributed by atoms with Crippen LogP contribution in [0.5, 0.6) is 0 Å². The molecule has 1 heterocycles. The zero-order valence-electron chi connectivity index (χ0n) is 17.4. The van der Waals surface area contributed by atoms with Crippen LogP contribution in [0.25, 0.3) is 0 Å². The van der Waals surface area contributed by atoms with Crippen LogP contribution in [0.1, 0.15) is 49.9 Å². The third kappa shape index (κ3) is 5.89. The average molecular weight is 432 g/mol. The smallest absolute Gasteiger partial charge is 0.254 e. The predicted octanol–water partition coefficient (Wildman–Crippen LogP) is 5.88. The summed E-state index contributed by atoms with van der Waals surface area (Å²) in [4.78, 5) is 16.8. The fraction of sp³-hybridized carbons (Fsp3) is 0.478. The van der Waals surface area contributed by atoms with Gasteiger partial charge in [-0.2, -0.15) is 0 Å². The number of benzene rings is 1. The Bertz CT molecular complexity index is 817. The van der Waals surface area contributed by atoms with Crippen molar-refractivity contribution in [2.45, 2.75) is 50.1 Å². The van der Waals surface area contributed by atoms with Crippen molar-refractivity contribution in [3.63, 3.8) is 0 Å². The van der Waals surface area contributed by atoms with Crippen molar-refractivity contribution >= 4 is 35.0 Å². The molecule has 1 aliphatic rings. The molecule has 2 aromatic rings. The van der Waals surface area contributed by atoms with Crippen molar-refractivity contribution in [2.24, 2.45) is 11.8 Å². The number of aromatic nitrogens is 1. The first-order valence-corrected chi connectivity index (χ1v) is 11.8. The van der Waals surface area contributed by atoms with Gasteiger partial charge in [0.25, 0.3) is 5.91 Å². The quantitative estimate of drug-likeness (QED) is 0.537. The number of halogens is 1. The van der Waals surface area contributed by atoms with E-state index in [1.807, 2.05) is 42.7 Å². The van der Waals surface area contributed by atoms with E-state index in [1.54, 1.807) is 6.20 Å². The molecule has 4 nitrogen and oxygen atoms in total. The number of carbonyl (C=O) groups is 1. The summed E-state index contributed by atoms with van der Waals surface area (Å²) in [6.07, 6.45) is 8.27. The molecular weight excluding hydrogens is 402 g/mol. The molecule has 0 radical (unpaired) electrons. The molecule has 1 amide bonds. The van der Waals surface area contributed by atoms with Crippen LogP contribution < -0.4 is 10.6 Å². The van der Waals surface area contributed by atoms with Gasteiger partial charge in [-0.1, -0.05) is 11.6 Å². The van der Waals surface area contributed by atoms with Crippen molar-refractivity contribution in [1.82, 2.24) is 10.3 Å². The van der Waals surface area contributed by atoms with Gasteiger partial charge in [0.2, 0.25) is 0 Å². The molecule has 1 aromatic carbocycles. The van der Waals surface area contributed by atoms with Crippen LogP contribution in [-0.2, 0) is 0 Å². The monoisotopic (exact) mass is 431 g/mol. The Kier molecular flexibility index (Phi) is 7.47. The normalized spacial score (nSPS) is 19.6. The van der Waals surface area contributed by atoms with Crippen molar-refractivity contribution in [3.05, 3.63) is 53.2 Å². The van der Waals surface area contributed by atoms with E-state index in [0.29, 0.717) is 17.4 Å². The first-order chi connectivity index (χ1) is 13.9. The second kappa shape index (κ2) is 9.86. The van der Waals surface area contributed by atoms with Crippen LogP contribution in [-0.4, -0.2) is 29.2 Å². The van der Waals surface area contributed by atoms with E-state index in [9.17, 15) is 4.79 Å². The van der Waals surface area contributed by atoms with E-state index in [1.165, 1.54) is 11.8 Å². The Morgan fingerprint density at radius 2 is 1.86 bits per heavy atom. The Morgan fingerprint density at radius 3 is 2.52 bits per heavy atom. The van der Waals surface area contributed by atoms with Crippen LogP contribution >= 0.6 is 23.4 Å². The van der Waals surface area contributed by atoms with E-state index >= 15 is 0 Å². The van der Waals surface area contributed by atoms with Gasteiger partial charge in [0.15, 0.2) is 0 Å². The molecular formula is C23H30ClN3OS. The topological polar surface area (TPSA) is 54.0 Å². The first-order valence-electron chi connectivity index (χ1n) is 10.2. The fourth-order valence-corrected chi connectivity index (χ4v) is 4.83. The highest BCUT2D eigenvalue weighted by Gasteiger charge is 2.33.